The van der Waals surface area contributed by atoms with Crippen LogP contribution in [-0.2, 0) is 14.2 Å². The zero-order valence-electron chi connectivity index (χ0n) is 22.0. The van der Waals surface area contributed by atoms with Crippen molar-refractivity contribution in [2.45, 2.75) is 88.9 Å². The number of ether oxygens (including phenoxy) is 3. The molecular formula is C31H37F3O4. The number of alkyl halides is 2. The molecule has 1 heterocycles. The van der Waals surface area contributed by atoms with E-state index in [4.69, 9.17) is 14.2 Å². The number of allylic oxidation sites excluding steroid dienone is 1. The van der Waals surface area contributed by atoms with Crippen molar-refractivity contribution >= 4 is 5.97 Å². The van der Waals surface area contributed by atoms with E-state index in [1.165, 1.54) is 12.1 Å². The van der Waals surface area contributed by atoms with Gasteiger partial charge in [-0.2, -0.15) is 0 Å². The second-order valence-electron chi connectivity index (χ2n) is 10.2. The molecule has 2 unspecified atom stereocenters. The number of halogens is 3. The predicted octanol–water partition coefficient (Wildman–Crippen LogP) is 8.16. The number of hydrogen-bond acceptors (Lipinski definition) is 4. The van der Waals surface area contributed by atoms with Gasteiger partial charge in [0.2, 0.25) is 0 Å². The highest BCUT2D eigenvalue weighted by molar-refractivity contribution is 5.92. The molecule has 206 valence electrons. The van der Waals surface area contributed by atoms with Crippen molar-refractivity contribution in [1.82, 2.24) is 0 Å². The quantitative estimate of drug-likeness (QED) is 0.230. The molecule has 1 saturated heterocycles. The minimum Gasteiger partial charge on any atom is -0.456 e. The Bertz CT molecular complexity index is 1070. The third-order valence-electron chi connectivity index (χ3n) is 7.68. The van der Waals surface area contributed by atoms with Crippen LogP contribution in [0.3, 0.4) is 0 Å². The first-order valence-corrected chi connectivity index (χ1v) is 13.7. The van der Waals surface area contributed by atoms with Crippen LogP contribution in [0.25, 0.3) is 11.1 Å². The molecule has 0 aromatic heterocycles. The second-order valence-corrected chi connectivity index (χ2v) is 10.2. The summed E-state index contributed by atoms with van der Waals surface area (Å²) in [5.41, 5.74) is 0.306. The summed E-state index contributed by atoms with van der Waals surface area (Å²) in [5.74, 6) is -1.65. The first-order valence-electron chi connectivity index (χ1n) is 13.7. The summed E-state index contributed by atoms with van der Waals surface area (Å²) in [4.78, 5) is 12.8. The van der Waals surface area contributed by atoms with Crippen LogP contribution in [0, 0.1) is 5.82 Å². The lowest BCUT2D eigenvalue weighted by Gasteiger charge is -2.29. The Morgan fingerprint density at radius 1 is 1.05 bits per heavy atom. The van der Waals surface area contributed by atoms with Crippen molar-refractivity contribution < 1.29 is 32.2 Å². The highest BCUT2D eigenvalue weighted by Gasteiger charge is 2.30. The number of rotatable bonds is 10. The minimum atomic E-state index is -3.16. The number of esters is 1. The van der Waals surface area contributed by atoms with Crippen molar-refractivity contribution in [1.29, 1.82) is 0 Å². The zero-order chi connectivity index (χ0) is 27.1. The molecule has 7 heteroatoms. The molecule has 2 aromatic carbocycles. The fourth-order valence-corrected chi connectivity index (χ4v) is 5.56. The SMILES string of the molecule is C=CCCC1CCC(OC(=O)c2ccc(-c3ccc(C4CCC(OCC)CC4)cc3)c(F)c2C(F)F)CO1. The van der Waals surface area contributed by atoms with E-state index in [2.05, 4.69) is 6.58 Å². The molecule has 4 rings (SSSR count). The van der Waals surface area contributed by atoms with Gasteiger partial charge in [-0.15, -0.1) is 6.58 Å². The molecule has 1 saturated carbocycles. The average Bonchev–Trinajstić information content (AvgIpc) is 2.93. The summed E-state index contributed by atoms with van der Waals surface area (Å²) in [6.45, 7) is 6.62. The fraction of sp³-hybridized carbons (Fsp3) is 0.516. The van der Waals surface area contributed by atoms with E-state index in [0.717, 1.165) is 50.7 Å². The summed E-state index contributed by atoms with van der Waals surface area (Å²) in [6, 6.07) is 10.0. The fourth-order valence-electron chi connectivity index (χ4n) is 5.56. The van der Waals surface area contributed by atoms with Crippen molar-refractivity contribution in [3.8, 4) is 11.1 Å². The van der Waals surface area contributed by atoms with E-state index in [0.29, 0.717) is 30.4 Å². The third-order valence-corrected chi connectivity index (χ3v) is 7.68. The largest absolute Gasteiger partial charge is 0.456 e. The van der Waals surface area contributed by atoms with Crippen molar-refractivity contribution in [3.63, 3.8) is 0 Å². The number of benzene rings is 2. The Hall–Kier alpha value is -2.64. The Morgan fingerprint density at radius 2 is 1.76 bits per heavy atom. The number of carbonyl (C=O) groups is 1. The van der Waals surface area contributed by atoms with Crippen LogP contribution < -0.4 is 0 Å². The molecule has 1 aliphatic heterocycles. The van der Waals surface area contributed by atoms with Crippen LogP contribution in [0.1, 0.15) is 92.1 Å². The maximum Gasteiger partial charge on any atom is 0.339 e. The molecule has 38 heavy (non-hydrogen) atoms. The van der Waals surface area contributed by atoms with E-state index in [1.54, 1.807) is 12.1 Å². The molecule has 0 amide bonds. The molecule has 0 N–H and O–H groups in total. The van der Waals surface area contributed by atoms with E-state index < -0.39 is 35.4 Å². The topological polar surface area (TPSA) is 44.8 Å². The average molecular weight is 531 g/mol. The Kier molecular flexibility index (Phi) is 10.0. The molecule has 4 nitrogen and oxygen atoms in total. The molecule has 2 fully saturated rings. The number of hydrogen-bond donors (Lipinski definition) is 0. The van der Waals surface area contributed by atoms with Crippen molar-refractivity contribution in [2.24, 2.45) is 0 Å². The smallest absolute Gasteiger partial charge is 0.339 e. The molecule has 0 spiro atoms. The highest BCUT2D eigenvalue weighted by atomic mass is 19.3. The van der Waals surface area contributed by atoms with Crippen LogP contribution in [0.4, 0.5) is 13.2 Å². The van der Waals surface area contributed by atoms with Gasteiger partial charge in [-0.1, -0.05) is 36.4 Å². The minimum absolute atomic E-state index is 0.0366. The van der Waals surface area contributed by atoms with Crippen LogP contribution in [0.2, 0.25) is 0 Å². The Labute approximate surface area is 223 Å². The van der Waals surface area contributed by atoms with Crippen molar-refractivity contribution in [2.75, 3.05) is 13.2 Å². The Balaban J connectivity index is 1.44. The Morgan fingerprint density at radius 3 is 2.37 bits per heavy atom. The van der Waals surface area contributed by atoms with Gasteiger partial charge >= 0.3 is 5.97 Å². The van der Waals surface area contributed by atoms with Gasteiger partial charge in [0.1, 0.15) is 11.9 Å². The first kappa shape index (κ1) is 28.4. The maximum absolute atomic E-state index is 15.4. The molecule has 2 atom stereocenters. The molecule has 2 aliphatic rings. The van der Waals surface area contributed by atoms with E-state index >= 15 is 4.39 Å². The maximum atomic E-state index is 15.4. The van der Waals surface area contributed by atoms with E-state index in [-0.39, 0.29) is 18.3 Å². The summed E-state index contributed by atoms with van der Waals surface area (Å²) >= 11 is 0. The lowest BCUT2D eigenvalue weighted by Crippen LogP contribution is -2.33. The van der Waals surface area contributed by atoms with Gasteiger partial charge in [0.05, 0.1) is 29.9 Å². The van der Waals surface area contributed by atoms with Gasteiger partial charge in [0, 0.05) is 12.2 Å². The molecule has 2 aromatic rings. The summed E-state index contributed by atoms with van der Waals surface area (Å²) < 4.78 is 60.3. The highest BCUT2D eigenvalue weighted by Crippen LogP contribution is 2.37. The van der Waals surface area contributed by atoms with E-state index in [9.17, 15) is 13.6 Å². The first-order chi connectivity index (χ1) is 18.4. The molecule has 0 bridgehead atoms. The monoisotopic (exact) mass is 530 g/mol. The van der Waals surface area contributed by atoms with Gasteiger partial charge in [-0.25, -0.2) is 18.0 Å². The summed E-state index contributed by atoms with van der Waals surface area (Å²) in [5, 5.41) is 0. The van der Waals surface area contributed by atoms with Crippen LogP contribution in [-0.4, -0.2) is 37.5 Å². The van der Waals surface area contributed by atoms with Gasteiger partial charge in [0.15, 0.2) is 0 Å². The second kappa shape index (κ2) is 13.4. The summed E-state index contributed by atoms with van der Waals surface area (Å²) in [7, 11) is 0. The molecule has 0 radical (unpaired) electrons. The normalized spacial score (nSPS) is 23.8. The van der Waals surface area contributed by atoms with Crippen LogP contribution in [0.15, 0.2) is 49.1 Å². The van der Waals surface area contributed by atoms with Gasteiger partial charge < -0.3 is 14.2 Å². The van der Waals surface area contributed by atoms with Gasteiger partial charge in [-0.05, 0) is 81.4 Å². The zero-order valence-corrected chi connectivity index (χ0v) is 22.0. The lowest BCUT2D eigenvalue weighted by atomic mass is 9.82. The van der Waals surface area contributed by atoms with E-state index in [1.807, 2.05) is 25.1 Å². The number of carbonyl (C=O) groups excluding carboxylic acids is 1. The predicted molar refractivity (Wildman–Crippen MR) is 141 cm³/mol. The van der Waals surface area contributed by atoms with Gasteiger partial charge in [0.25, 0.3) is 6.43 Å². The lowest BCUT2D eigenvalue weighted by molar-refractivity contribution is -0.0684. The third kappa shape index (κ3) is 6.86. The van der Waals surface area contributed by atoms with Crippen LogP contribution in [0.5, 0.6) is 0 Å². The standard InChI is InChI=1S/C31H37F3O4/c1-3-5-6-23-15-16-25(19-37-23)38-31(35)27-18-17-26(29(32)28(27)30(33)34)22-9-7-20(8-10-22)21-11-13-24(14-12-21)36-4-2/h3,7-10,17-18,21,23-25,30H,1,4-6,11-16,19H2,2H3. The molecule has 1 aliphatic carbocycles. The van der Waals surface area contributed by atoms with Crippen molar-refractivity contribution in [3.05, 3.63) is 71.6 Å². The molecular weight excluding hydrogens is 493 g/mol. The summed E-state index contributed by atoms with van der Waals surface area (Å²) in [6.07, 6.45) is 5.47. The van der Waals surface area contributed by atoms with Gasteiger partial charge in [-0.3, -0.25) is 0 Å². The van der Waals surface area contributed by atoms with Crippen LogP contribution >= 0.6 is 0 Å².